The molecule has 1 saturated heterocycles. The molecule has 1 aliphatic rings. The fourth-order valence-electron chi connectivity index (χ4n) is 2.00. The lowest BCUT2D eigenvalue weighted by Gasteiger charge is -2.31. The van der Waals surface area contributed by atoms with E-state index >= 15 is 0 Å². The monoisotopic (exact) mass is 331 g/mol. The van der Waals surface area contributed by atoms with Gasteiger partial charge >= 0.3 is 0 Å². The Bertz CT molecular complexity index is 453. The summed E-state index contributed by atoms with van der Waals surface area (Å²) in [6.45, 7) is 3.93. The number of amides is 1. The number of benzene rings is 1. The van der Waals surface area contributed by atoms with E-state index < -0.39 is 0 Å². The SMILES string of the molecule is C[C@@H]1CN(C(=O)Cc2cccc(Cl)c2Br)CCO1. The minimum absolute atomic E-state index is 0.116. The fraction of sp³-hybridized carbons (Fsp3) is 0.462. The van der Waals surface area contributed by atoms with Crippen LogP contribution in [0.25, 0.3) is 0 Å². The minimum atomic E-state index is 0.116. The molecule has 1 aromatic rings. The quantitative estimate of drug-likeness (QED) is 0.833. The first kappa shape index (κ1) is 13.8. The zero-order chi connectivity index (χ0) is 13.1. The van der Waals surface area contributed by atoms with Gasteiger partial charge in [0, 0.05) is 17.6 Å². The summed E-state index contributed by atoms with van der Waals surface area (Å²) >= 11 is 9.43. The predicted octanol–water partition coefficient (Wildman–Crippen LogP) is 2.89. The molecule has 2 rings (SSSR count). The Morgan fingerprint density at radius 3 is 3.11 bits per heavy atom. The molecule has 1 fully saturated rings. The van der Waals surface area contributed by atoms with Crippen molar-refractivity contribution in [3.8, 4) is 0 Å². The van der Waals surface area contributed by atoms with Gasteiger partial charge in [-0.3, -0.25) is 4.79 Å². The number of carbonyl (C=O) groups excluding carboxylic acids is 1. The molecule has 0 aliphatic carbocycles. The van der Waals surface area contributed by atoms with Gasteiger partial charge in [0.1, 0.15) is 0 Å². The third-order valence-electron chi connectivity index (χ3n) is 2.97. The third-order valence-corrected chi connectivity index (χ3v) is 4.45. The van der Waals surface area contributed by atoms with Crippen molar-refractivity contribution in [2.24, 2.45) is 0 Å². The molecule has 0 aromatic heterocycles. The van der Waals surface area contributed by atoms with Crippen LogP contribution in [0.1, 0.15) is 12.5 Å². The highest BCUT2D eigenvalue weighted by Crippen LogP contribution is 2.26. The van der Waals surface area contributed by atoms with Crippen LogP contribution in [0.2, 0.25) is 5.02 Å². The molecule has 0 N–H and O–H groups in total. The average molecular weight is 333 g/mol. The van der Waals surface area contributed by atoms with Crippen LogP contribution in [0.4, 0.5) is 0 Å². The predicted molar refractivity (Wildman–Crippen MR) is 74.9 cm³/mol. The molecule has 0 saturated carbocycles. The first-order chi connectivity index (χ1) is 8.58. The van der Waals surface area contributed by atoms with Crippen molar-refractivity contribution in [3.63, 3.8) is 0 Å². The van der Waals surface area contributed by atoms with E-state index in [0.717, 1.165) is 10.0 Å². The molecule has 18 heavy (non-hydrogen) atoms. The Hall–Kier alpha value is -0.580. The molecule has 0 bridgehead atoms. The second-order valence-corrected chi connectivity index (χ2v) is 5.61. The van der Waals surface area contributed by atoms with Crippen LogP contribution in [0.3, 0.4) is 0 Å². The molecule has 5 heteroatoms. The van der Waals surface area contributed by atoms with Crippen LogP contribution in [0.5, 0.6) is 0 Å². The van der Waals surface area contributed by atoms with Gasteiger partial charge in [-0.25, -0.2) is 0 Å². The van der Waals surface area contributed by atoms with E-state index in [1.165, 1.54) is 0 Å². The molecule has 0 spiro atoms. The lowest BCUT2D eigenvalue weighted by atomic mass is 10.1. The summed E-state index contributed by atoms with van der Waals surface area (Å²) in [6, 6.07) is 5.58. The number of halogens is 2. The van der Waals surface area contributed by atoms with Gasteiger partial charge in [0.2, 0.25) is 5.91 Å². The van der Waals surface area contributed by atoms with Crippen LogP contribution >= 0.6 is 27.5 Å². The number of morpholine rings is 1. The van der Waals surface area contributed by atoms with Gasteiger partial charge in [-0.2, -0.15) is 0 Å². The highest BCUT2D eigenvalue weighted by molar-refractivity contribution is 9.10. The number of hydrogen-bond donors (Lipinski definition) is 0. The standard InChI is InChI=1S/C13H15BrClNO2/c1-9-8-16(5-6-18-9)12(17)7-10-3-2-4-11(15)13(10)14/h2-4,9H,5-8H2,1H3/t9-/m1/s1. The molecule has 1 aromatic carbocycles. The summed E-state index contributed by atoms with van der Waals surface area (Å²) in [5.41, 5.74) is 0.923. The Labute approximate surface area is 120 Å². The van der Waals surface area contributed by atoms with Crippen molar-refractivity contribution in [1.82, 2.24) is 4.90 Å². The second kappa shape index (κ2) is 6.04. The first-order valence-electron chi connectivity index (χ1n) is 5.90. The Morgan fingerprint density at radius 1 is 1.61 bits per heavy atom. The third kappa shape index (κ3) is 3.25. The fourth-order valence-corrected chi connectivity index (χ4v) is 2.60. The molecular weight excluding hydrogens is 318 g/mol. The van der Waals surface area contributed by atoms with Crippen LogP contribution in [0.15, 0.2) is 22.7 Å². The number of hydrogen-bond acceptors (Lipinski definition) is 2. The maximum atomic E-state index is 12.2. The number of nitrogens with zero attached hydrogens (tertiary/aromatic N) is 1. The van der Waals surface area contributed by atoms with E-state index in [2.05, 4.69) is 15.9 Å². The molecule has 0 radical (unpaired) electrons. The highest BCUT2D eigenvalue weighted by atomic mass is 79.9. The minimum Gasteiger partial charge on any atom is -0.375 e. The second-order valence-electron chi connectivity index (χ2n) is 4.41. The topological polar surface area (TPSA) is 29.5 Å². The van der Waals surface area contributed by atoms with Crippen molar-refractivity contribution in [2.45, 2.75) is 19.4 Å². The maximum Gasteiger partial charge on any atom is 0.227 e. The van der Waals surface area contributed by atoms with Crippen LogP contribution in [-0.2, 0) is 16.0 Å². The average Bonchev–Trinajstić information content (AvgIpc) is 2.35. The number of carbonyl (C=O) groups is 1. The van der Waals surface area contributed by atoms with E-state index in [1.54, 1.807) is 6.07 Å². The van der Waals surface area contributed by atoms with Gasteiger partial charge in [0.15, 0.2) is 0 Å². The smallest absolute Gasteiger partial charge is 0.227 e. The molecular formula is C13H15BrClNO2. The zero-order valence-corrected chi connectivity index (χ0v) is 12.5. The highest BCUT2D eigenvalue weighted by Gasteiger charge is 2.22. The van der Waals surface area contributed by atoms with Gasteiger partial charge in [0.25, 0.3) is 0 Å². The molecule has 0 unspecified atom stereocenters. The molecule has 1 amide bonds. The Balaban J connectivity index is 2.04. The van der Waals surface area contributed by atoms with Crippen molar-refractivity contribution in [3.05, 3.63) is 33.3 Å². The van der Waals surface area contributed by atoms with Crippen molar-refractivity contribution in [2.75, 3.05) is 19.7 Å². The maximum absolute atomic E-state index is 12.2. The van der Waals surface area contributed by atoms with Crippen LogP contribution < -0.4 is 0 Å². The zero-order valence-electron chi connectivity index (χ0n) is 10.2. The number of rotatable bonds is 2. The first-order valence-corrected chi connectivity index (χ1v) is 7.07. The molecule has 1 aliphatic heterocycles. The summed E-state index contributed by atoms with van der Waals surface area (Å²) in [5, 5.41) is 0.635. The number of ether oxygens (including phenoxy) is 1. The Kier molecular flexibility index (Phi) is 4.65. The lowest BCUT2D eigenvalue weighted by molar-refractivity contribution is -0.137. The normalized spacial score (nSPS) is 19.9. The summed E-state index contributed by atoms with van der Waals surface area (Å²) in [4.78, 5) is 14.0. The van der Waals surface area contributed by atoms with Crippen molar-refractivity contribution >= 4 is 33.4 Å². The summed E-state index contributed by atoms with van der Waals surface area (Å²) in [6.07, 6.45) is 0.485. The van der Waals surface area contributed by atoms with Gasteiger partial charge < -0.3 is 9.64 Å². The van der Waals surface area contributed by atoms with E-state index in [-0.39, 0.29) is 12.0 Å². The molecule has 1 heterocycles. The summed E-state index contributed by atoms with van der Waals surface area (Å²) in [5.74, 6) is 0.119. The van der Waals surface area contributed by atoms with Crippen LogP contribution in [0, 0.1) is 0 Å². The van der Waals surface area contributed by atoms with Crippen molar-refractivity contribution < 1.29 is 9.53 Å². The van der Waals surface area contributed by atoms with E-state index in [9.17, 15) is 4.79 Å². The molecule has 98 valence electrons. The lowest BCUT2D eigenvalue weighted by Crippen LogP contribution is -2.45. The van der Waals surface area contributed by atoms with Gasteiger partial charge in [0.05, 0.1) is 24.2 Å². The molecule has 1 atom stereocenters. The van der Waals surface area contributed by atoms with E-state index in [4.69, 9.17) is 16.3 Å². The van der Waals surface area contributed by atoms with Gasteiger partial charge in [-0.05, 0) is 34.5 Å². The summed E-state index contributed by atoms with van der Waals surface area (Å²) in [7, 11) is 0. The van der Waals surface area contributed by atoms with Crippen LogP contribution in [-0.4, -0.2) is 36.6 Å². The van der Waals surface area contributed by atoms with Gasteiger partial charge in [-0.15, -0.1) is 0 Å². The Morgan fingerprint density at radius 2 is 2.39 bits per heavy atom. The van der Waals surface area contributed by atoms with E-state index in [0.29, 0.717) is 31.1 Å². The summed E-state index contributed by atoms with van der Waals surface area (Å²) < 4.78 is 6.23. The largest absolute Gasteiger partial charge is 0.375 e. The van der Waals surface area contributed by atoms with E-state index in [1.807, 2.05) is 24.0 Å². The van der Waals surface area contributed by atoms with Gasteiger partial charge in [-0.1, -0.05) is 23.7 Å². The van der Waals surface area contributed by atoms with Crippen molar-refractivity contribution in [1.29, 1.82) is 0 Å². The molecule has 3 nitrogen and oxygen atoms in total.